The molecule has 0 aliphatic carbocycles. The Balaban J connectivity index is 4.57. The van der Waals surface area contributed by atoms with Crippen LogP contribution in [0.4, 0.5) is 0 Å². The Hall–Kier alpha value is -1.67. The van der Waals surface area contributed by atoms with Gasteiger partial charge in [0.15, 0.2) is 5.78 Å². The molecule has 0 aromatic heterocycles. The van der Waals surface area contributed by atoms with E-state index in [1.54, 1.807) is 6.07 Å². The van der Waals surface area contributed by atoms with Gasteiger partial charge < -0.3 is 9.84 Å². The van der Waals surface area contributed by atoms with E-state index in [-0.39, 0.29) is 12.5 Å². The van der Waals surface area contributed by atoms with Crippen LogP contribution in [0.25, 0.3) is 0 Å². The summed E-state index contributed by atoms with van der Waals surface area (Å²) in [5.41, 5.74) is -0.397. The summed E-state index contributed by atoms with van der Waals surface area (Å²) in [4.78, 5) is 22.4. The molecule has 16 heavy (non-hydrogen) atoms. The first-order valence-electron chi connectivity index (χ1n) is 4.89. The summed E-state index contributed by atoms with van der Waals surface area (Å²) in [5, 5.41) is 17.5. The normalized spacial score (nSPS) is 13.1. The number of ether oxygens (including phenoxy) is 1. The van der Waals surface area contributed by atoms with Crippen molar-refractivity contribution in [1.29, 1.82) is 5.26 Å². The third-order valence-electron chi connectivity index (χ3n) is 1.59. The number of nitrogens with zero attached hydrogens (tertiary/aromatic N) is 1. The lowest BCUT2D eigenvalue weighted by atomic mass is 10.1. The minimum atomic E-state index is -1.23. The first-order chi connectivity index (χ1) is 7.38. The monoisotopic (exact) mass is 225 g/mol. The molecule has 0 amide bonds. The Labute approximate surface area is 94.3 Å². The lowest BCUT2D eigenvalue weighted by Crippen LogP contribution is -2.17. The Kier molecular flexibility index (Phi) is 6.04. The van der Waals surface area contributed by atoms with Crippen molar-refractivity contribution >= 4 is 11.8 Å². The SMILES string of the molecule is CC(C)COC(=O)/C(C#N)=C/C(=O)C(C)O. The second kappa shape index (κ2) is 6.75. The molecule has 0 aromatic rings. The van der Waals surface area contributed by atoms with E-state index in [0.717, 1.165) is 6.08 Å². The highest BCUT2D eigenvalue weighted by Crippen LogP contribution is 2.01. The van der Waals surface area contributed by atoms with E-state index in [9.17, 15) is 9.59 Å². The number of hydrogen-bond acceptors (Lipinski definition) is 5. The quantitative estimate of drug-likeness (QED) is 0.420. The van der Waals surface area contributed by atoms with E-state index in [1.807, 2.05) is 13.8 Å². The number of hydrogen-bond donors (Lipinski definition) is 1. The second-order valence-electron chi connectivity index (χ2n) is 3.74. The third kappa shape index (κ3) is 5.27. The molecule has 0 fully saturated rings. The van der Waals surface area contributed by atoms with E-state index in [4.69, 9.17) is 15.1 Å². The van der Waals surface area contributed by atoms with Crippen molar-refractivity contribution in [3.8, 4) is 6.07 Å². The van der Waals surface area contributed by atoms with Gasteiger partial charge in [0.05, 0.1) is 6.61 Å². The molecule has 0 bridgehead atoms. The molecule has 0 rings (SSSR count). The predicted octanol–water partition coefficient (Wildman–Crippen LogP) is 0.585. The zero-order valence-electron chi connectivity index (χ0n) is 9.56. The molecule has 5 heteroatoms. The summed E-state index contributed by atoms with van der Waals surface area (Å²) in [7, 11) is 0. The lowest BCUT2D eigenvalue weighted by Gasteiger charge is -2.06. The van der Waals surface area contributed by atoms with Crippen LogP contribution >= 0.6 is 0 Å². The van der Waals surface area contributed by atoms with Gasteiger partial charge in [-0.25, -0.2) is 4.79 Å². The summed E-state index contributed by atoms with van der Waals surface area (Å²) in [5.74, 6) is -1.39. The topological polar surface area (TPSA) is 87.4 Å². The Morgan fingerprint density at radius 2 is 2.00 bits per heavy atom. The van der Waals surface area contributed by atoms with Crippen molar-refractivity contribution in [2.75, 3.05) is 6.61 Å². The molecule has 0 aliphatic rings. The number of carbonyl (C=O) groups is 2. The number of ketones is 1. The number of nitriles is 1. The fraction of sp³-hybridized carbons (Fsp3) is 0.545. The van der Waals surface area contributed by atoms with Crippen LogP contribution in [0.2, 0.25) is 0 Å². The third-order valence-corrected chi connectivity index (χ3v) is 1.59. The zero-order chi connectivity index (χ0) is 12.7. The highest BCUT2D eigenvalue weighted by atomic mass is 16.5. The zero-order valence-corrected chi connectivity index (χ0v) is 9.56. The molecule has 0 saturated carbocycles. The van der Waals surface area contributed by atoms with Crippen molar-refractivity contribution in [1.82, 2.24) is 0 Å². The van der Waals surface area contributed by atoms with Crippen LogP contribution in [0.5, 0.6) is 0 Å². The molecule has 0 heterocycles. The number of aliphatic hydroxyl groups is 1. The van der Waals surface area contributed by atoms with Gasteiger partial charge in [0.25, 0.3) is 0 Å². The van der Waals surface area contributed by atoms with Crippen LogP contribution in [0.15, 0.2) is 11.6 Å². The molecule has 0 saturated heterocycles. The van der Waals surface area contributed by atoms with Gasteiger partial charge in [-0.3, -0.25) is 4.79 Å². The van der Waals surface area contributed by atoms with Crippen molar-refractivity contribution < 1.29 is 19.4 Å². The predicted molar refractivity (Wildman–Crippen MR) is 56.2 cm³/mol. The van der Waals surface area contributed by atoms with E-state index in [1.165, 1.54) is 6.92 Å². The van der Waals surface area contributed by atoms with Crippen LogP contribution < -0.4 is 0 Å². The van der Waals surface area contributed by atoms with E-state index < -0.39 is 23.4 Å². The summed E-state index contributed by atoms with van der Waals surface area (Å²) in [6, 6.07) is 1.57. The van der Waals surface area contributed by atoms with Gasteiger partial charge >= 0.3 is 5.97 Å². The number of carbonyl (C=O) groups excluding carboxylic acids is 2. The van der Waals surface area contributed by atoms with Crippen LogP contribution in [-0.4, -0.2) is 29.6 Å². The van der Waals surface area contributed by atoms with Gasteiger partial charge in [0, 0.05) is 6.08 Å². The second-order valence-corrected chi connectivity index (χ2v) is 3.74. The van der Waals surface area contributed by atoms with E-state index in [0.29, 0.717) is 0 Å². The van der Waals surface area contributed by atoms with Crippen molar-refractivity contribution in [3.05, 3.63) is 11.6 Å². The summed E-state index contributed by atoms with van der Waals surface area (Å²) >= 11 is 0. The Morgan fingerprint density at radius 1 is 1.44 bits per heavy atom. The van der Waals surface area contributed by atoms with E-state index >= 15 is 0 Å². The molecule has 1 atom stereocenters. The summed E-state index contributed by atoms with van der Waals surface area (Å²) < 4.78 is 4.77. The number of rotatable bonds is 5. The smallest absolute Gasteiger partial charge is 0.349 e. The highest BCUT2D eigenvalue weighted by molar-refractivity contribution is 6.03. The van der Waals surface area contributed by atoms with Crippen LogP contribution in [0.1, 0.15) is 20.8 Å². The Morgan fingerprint density at radius 3 is 2.38 bits per heavy atom. The first-order valence-corrected chi connectivity index (χ1v) is 4.89. The van der Waals surface area contributed by atoms with Gasteiger partial charge in [-0.2, -0.15) is 5.26 Å². The number of esters is 1. The summed E-state index contributed by atoms with van der Waals surface area (Å²) in [6.07, 6.45) is -0.436. The maximum Gasteiger partial charge on any atom is 0.349 e. The maximum atomic E-state index is 11.3. The summed E-state index contributed by atoms with van der Waals surface area (Å²) in [6.45, 7) is 5.14. The molecule has 0 radical (unpaired) electrons. The van der Waals surface area contributed by atoms with Crippen molar-refractivity contribution in [2.45, 2.75) is 26.9 Å². The molecule has 5 nitrogen and oxygen atoms in total. The van der Waals surface area contributed by atoms with Crippen molar-refractivity contribution in [2.24, 2.45) is 5.92 Å². The van der Waals surface area contributed by atoms with Gasteiger partial charge in [-0.15, -0.1) is 0 Å². The van der Waals surface area contributed by atoms with Crippen LogP contribution in [0.3, 0.4) is 0 Å². The lowest BCUT2D eigenvalue weighted by molar-refractivity contribution is -0.139. The van der Waals surface area contributed by atoms with Crippen LogP contribution in [-0.2, 0) is 14.3 Å². The molecule has 0 aromatic carbocycles. The highest BCUT2D eigenvalue weighted by Gasteiger charge is 2.15. The largest absolute Gasteiger partial charge is 0.461 e. The molecular formula is C11H15NO4. The molecular weight excluding hydrogens is 210 g/mol. The fourth-order valence-corrected chi connectivity index (χ4v) is 0.720. The molecule has 0 aliphatic heterocycles. The number of aliphatic hydroxyl groups excluding tert-OH is 1. The maximum absolute atomic E-state index is 11.3. The minimum absolute atomic E-state index is 0.149. The fourth-order valence-electron chi connectivity index (χ4n) is 0.720. The van der Waals surface area contributed by atoms with Crippen molar-refractivity contribution in [3.63, 3.8) is 0 Å². The Bertz CT molecular complexity index is 336. The standard InChI is InChI=1S/C11H15NO4/c1-7(2)6-16-11(15)9(5-12)4-10(14)8(3)13/h4,7-8,13H,6H2,1-3H3/b9-4+. The average molecular weight is 225 g/mol. The minimum Gasteiger partial charge on any atom is -0.461 e. The average Bonchev–Trinajstić information content (AvgIpc) is 2.21. The van der Waals surface area contributed by atoms with Gasteiger partial charge in [0.1, 0.15) is 17.7 Å². The van der Waals surface area contributed by atoms with Gasteiger partial charge in [-0.1, -0.05) is 13.8 Å². The molecule has 0 spiro atoms. The molecule has 1 N–H and O–H groups in total. The molecule has 88 valence electrons. The first kappa shape index (κ1) is 14.3. The van der Waals surface area contributed by atoms with Gasteiger partial charge in [-0.05, 0) is 12.8 Å². The van der Waals surface area contributed by atoms with Crippen LogP contribution in [0, 0.1) is 17.2 Å². The van der Waals surface area contributed by atoms with E-state index in [2.05, 4.69) is 0 Å². The molecule has 1 unspecified atom stereocenters. The van der Waals surface area contributed by atoms with Gasteiger partial charge in [0.2, 0.25) is 0 Å².